The van der Waals surface area contributed by atoms with E-state index in [4.69, 9.17) is 0 Å². The molecule has 0 spiro atoms. The summed E-state index contributed by atoms with van der Waals surface area (Å²) >= 11 is 0. The van der Waals surface area contributed by atoms with Crippen molar-refractivity contribution in [3.63, 3.8) is 0 Å². The number of hydrogen-bond acceptors (Lipinski definition) is 1. The zero-order valence-corrected chi connectivity index (χ0v) is 8.88. The maximum atomic E-state index is 13.4. The molecule has 15 heavy (non-hydrogen) atoms. The first kappa shape index (κ1) is 10.5. The van der Waals surface area contributed by atoms with Crippen LogP contribution in [0.2, 0.25) is 0 Å². The lowest BCUT2D eigenvalue weighted by Crippen LogP contribution is -2.10. The lowest BCUT2D eigenvalue weighted by Gasteiger charge is -2.21. The normalized spacial score (nSPS) is 17.9. The third kappa shape index (κ3) is 2.71. The quantitative estimate of drug-likeness (QED) is 0.786. The van der Waals surface area contributed by atoms with E-state index in [2.05, 4.69) is 0 Å². The van der Waals surface area contributed by atoms with Crippen LogP contribution in [0.1, 0.15) is 37.7 Å². The van der Waals surface area contributed by atoms with Crippen molar-refractivity contribution in [1.82, 2.24) is 0 Å². The zero-order valence-electron chi connectivity index (χ0n) is 8.88. The smallest absolute Gasteiger partial charge is 0.126 e. The van der Waals surface area contributed by atoms with E-state index >= 15 is 0 Å². The molecule has 1 saturated carbocycles. The van der Waals surface area contributed by atoms with Gasteiger partial charge in [0.1, 0.15) is 11.6 Å². The van der Waals surface area contributed by atoms with Crippen LogP contribution < -0.4 is 0 Å². The highest BCUT2D eigenvalue weighted by molar-refractivity contribution is 5.28. The van der Waals surface area contributed by atoms with Gasteiger partial charge in [0.25, 0.3) is 0 Å². The molecule has 1 nitrogen and oxygen atoms in total. The highest BCUT2D eigenvalue weighted by atomic mass is 19.1. The largest absolute Gasteiger partial charge is 0.508 e. The second-order valence-corrected chi connectivity index (χ2v) is 4.48. The van der Waals surface area contributed by atoms with Crippen molar-refractivity contribution in [1.29, 1.82) is 0 Å². The Morgan fingerprint density at radius 3 is 2.67 bits per heavy atom. The molecule has 0 bridgehead atoms. The summed E-state index contributed by atoms with van der Waals surface area (Å²) in [7, 11) is 0. The first-order valence-electron chi connectivity index (χ1n) is 5.73. The molecule has 0 aromatic heterocycles. The van der Waals surface area contributed by atoms with Crippen LogP contribution in [0, 0.1) is 11.7 Å². The van der Waals surface area contributed by atoms with Crippen LogP contribution in [0.25, 0.3) is 0 Å². The van der Waals surface area contributed by atoms with Crippen LogP contribution in [0.15, 0.2) is 18.2 Å². The number of hydrogen-bond donors (Lipinski definition) is 1. The third-order valence-electron chi connectivity index (χ3n) is 3.26. The van der Waals surface area contributed by atoms with Crippen molar-refractivity contribution >= 4 is 0 Å². The van der Waals surface area contributed by atoms with Crippen LogP contribution >= 0.6 is 0 Å². The summed E-state index contributed by atoms with van der Waals surface area (Å²) in [6, 6.07) is 4.32. The predicted octanol–water partition coefficient (Wildman–Crippen LogP) is 3.65. The first-order chi connectivity index (χ1) is 7.25. The summed E-state index contributed by atoms with van der Waals surface area (Å²) in [5, 5.41) is 9.30. The van der Waals surface area contributed by atoms with E-state index < -0.39 is 0 Å². The fourth-order valence-electron chi connectivity index (χ4n) is 2.42. The molecular formula is C13H17FO. The molecule has 1 aliphatic carbocycles. The van der Waals surface area contributed by atoms with Gasteiger partial charge in [-0.15, -0.1) is 0 Å². The van der Waals surface area contributed by atoms with Gasteiger partial charge in [-0.3, -0.25) is 0 Å². The first-order valence-corrected chi connectivity index (χ1v) is 5.73. The van der Waals surface area contributed by atoms with Crippen molar-refractivity contribution in [3.05, 3.63) is 29.6 Å². The molecule has 1 aromatic rings. The number of phenolic OH excluding ortho intramolecular Hbond substituents is 1. The van der Waals surface area contributed by atoms with Crippen molar-refractivity contribution in [2.75, 3.05) is 0 Å². The Kier molecular flexibility index (Phi) is 3.24. The zero-order chi connectivity index (χ0) is 10.7. The van der Waals surface area contributed by atoms with E-state index in [1.54, 1.807) is 6.07 Å². The molecule has 2 heteroatoms. The van der Waals surface area contributed by atoms with Gasteiger partial charge in [-0.2, -0.15) is 0 Å². The topological polar surface area (TPSA) is 20.2 Å². The summed E-state index contributed by atoms with van der Waals surface area (Å²) in [6.07, 6.45) is 7.04. The summed E-state index contributed by atoms with van der Waals surface area (Å²) in [6.45, 7) is 0. The van der Waals surface area contributed by atoms with Crippen LogP contribution in [0.5, 0.6) is 5.75 Å². The number of halogens is 1. The van der Waals surface area contributed by atoms with Gasteiger partial charge in [0, 0.05) is 0 Å². The Hall–Kier alpha value is -1.05. The van der Waals surface area contributed by atoms with E-state index in [9.17, 15) is 9.50 Å². The molecule has 1 N–H and O–H groups in total. The Labute approximate surface area is 89.9 Å². The van der Waals surface area contributed by atoms with Gasteiger partial charge in [-0.05, 0) is 36.1 Å². The van der Waals surface area contributed by atoms with E-state index in [1.165, 1.54) is 44.2 Å². The highest BCUT2D eigenvalue weighted by Gasteiger charge is 2.15. The van der Waals surface area contributed by atoms with E-state index in [1.807, 2.05) is 0 Å². The molecule has 0 atom stereocenters. The van der Waals surface area contributed by atoms with Crippen LogP contribution in [-0.2, 0) is 6.42 Å². The van der Waals surface area contributed by atoms with Crippen LogP contribution in [0.3, 0.4) is 0 Å². The Bertz CT molecular complexity index is 329. The Morgan fingerprint density at radius 2 is 1.93 bits per heavy atom. The van der Waals surface area contributed by atoms with Gasteiger partial charge in [-0.25, -0.2) is 4.39 Å². The van der Waals surface area contributed by atoms with Crippen molar-refractivity contribution in [2.24, 2.45) is 5.92 Å². The summed E-state index contributed by atoms with van der Waals surface area (Å²) in [5.74, 6) is 0.593. The molecule has 1 fully saturated rings. The van der Waals surface area contributed by atoms with Crippen LogP contribution in [0.4, 0.5) is 4.39 Å². The van der Waals surface area contributed by atoms with E-state index in [0.29, 0.717) is 11.5 Å². The second kappa shape index (κ2) is 4.65. The molecule has 0 saturated heterocycles. The van der Waals surface area contributed by atoms with Gasteiger partial charge in [-0.1, -0.05) is 32.1 Å². The summed E-state index contributed by atoms with van der Waals surface area (Å²) in [4.78, 5) is 0. The lowest BCUT2D eigenvalue weighted by atomic mass is 9.85. The molecule has 1 aliphatic rings. The molecule has 0 unspecified atom stereocenters. The second-order valence-electron chi connectivity index (χ2n) is 4.48. The lowest BCUT2D eigenvalue weighted by molar-refractivity contribution is 0.352. The standard InChI is InChI=1S/C13H17FO/c14-13-7-6-12(15)9-11(13)8-10-4-2-1-3-5-10/h6-7,9-10,15H,1-5,8H2. The molecule has 1 aromatic carbocycles. The minimum atomic E-state index is -0.182. The maximum absolute atomic E-state index is 13.4. The maximum Gasteiger partial charge on any atom is 0.126 e. The number of phenols is 1. The van der Waals surface area contributed by atoms with Crippen molar-refractivity contribution in [3.8, 4) is 5.75 Å². The fourth-order valence-corrected chi connectivity index (χ4v) is 2.42. The van der Waals surface area contributed by atoms with E-state index in [-0.39, 0.29) is 11.6 Å². The average Bonchev–Trinajstić information content (AvgIpc) is 2.25. The average molecular weight is 208 g/mol. The van der Waals surface area contributed by atoms with Gasteiger partial charge in [0.15, 0.2) is 0 Å². The number of aromatic hydroxyl groups is 1. The SMILES string of the molecule is Oc1ccc(F)c(CC2CCCCC2)c1. The Balaban J connectivity index is 2.05. The highest BCUT2D eigenvalue weighted by Crippen LogP contribution is 2.28. The van der Waals surface area contributed by atoms with Gasteiger partial charge in [0.05, 0.1) is 0 Å². The molecule has 82 valence electrons. The van der Waals surface area contributed by atoms with Gasteiger partial charge < -0.3 is 5.11 Å². The fraction of sp³-hybridized carbons (Fsp3) is 0.538. The molecule has 0 aliphatic heterocycles. The molecule has 0 amide bonds. The third-order valence-corrected chi connectivity index (χ3v) is 3.26. The van der Waals surface area contributed by atoms with Gasteiger partial charge in [0.2, 0.25) is 0 Å². The van der Waals surface area contributed by atoms with E-state index in [0.717, 1.165) is 6.42 Å². The number of benzene rings is 1. The molecule has 0 heterocycles. The van der Waals surface area contributed by atoms with Crippen molar-refractivity contribution in [2.45, 2.75) is 38.5 Å². The molecule has 0 radical (unpaired) electrons. The molecular weight excluding hydrogens is 191 g/mol. The van der Waals surface area contributed by atoms with Gasteiger partial charge >= 0.3 is 0 Å². The summed E-state index contributed by atoms with van der Waals surface area (Å²) < 4.78 is 13.4. The summed E-state index contributed by atoms with van der Waals surface area (Å²) in [5.41, 5.74) is 0.668. The van der Waals surface area contributed by atoms with Crippen molar-refractivity contribution < 1.29 is 9.50 Å². The minimum absolute atomic E-state index is 0.169. The Morgan fingerprint density at radius 1 is 1.20 bits per heavy atom. The number of rotatable bonds is 2. The molecule has 2 rings (SSSR count). The minimum Gasteiger partial charge on any atom is -0.508 e. The van der Waals surface area contributed by atoms with Crippen LogP contribution in [-0.4, -0.2) is 5.11 Å². The monoisotopic (exact) mass is 208 g/mol. The predicted molar refractivity (Wildman–Crippen MR) is 58.3 cm³/mol.